The molecule has 0 saturated carbocycles. The minimum atomic E-state index is -1.97. The van der Waals surface area contributed by atoms with Crippen LogP contribution < -0.4 is 4.74 Å². The van der Waals surface area contributed by atoms with E-state index in [1.807, 2.05) is 31.2 Å². The van der Waals surface area contributed by atoms with E-state index >= 15 is 0 Å². The molecule has 1 atom stereocenters. The first kappa shape index (κ1) is 22.7. The van der Waals surface area contributed by atoms with Crippen LogP contribution in [0.3, 0.4) is 0 Å². The fourth-order valence-corrected chi connectivity index (χ4v) is 3.65. The Morgan fingerprint density at radius 1 is 0.839 bits per heavy atom. The van der Waals surface area contributed by atoms with E-state index in [0.29, 0.717) is 12.2 Å². The highest BCUT2D eigenvalue weighted by Gasteiger charge is 2.34. The van der Waals surface area contributed by atoms with Crippen LogP contribution in [0.5, 0.6) is 5.75 Å². The van der Waals surface area contributed by atoms with Crippen LogP contribution in [0.1, 0.15) is 52.0 Å². The number of ether oxygens (including phenoxy) is 1. The molecule has 0 N–H and O–H groups in total. The van der Waals surface area contributed by atoms with Gasteiger partial charge in [0.2, 0.25) is 5.67 Å². The van der Waals surface area contributed by atoms with Crippen molar-refractivity contribution in [1.29, 1.82) is 0 Å². The number of halogens is 1. The summed E-state index contributed by atoms with van der Waals surface area (Å²) in [5.41, 5.74) is 3.80. The van der Waals surface area contributed by atoms with Gasteiger partial charge in [0.05, 0.1) is 0 Å². The molecule has 1 unspecified atom stereocenters. The molecule has 0 aromatic heterocycles. The van der Waals surface area contributed by atoms with Crippen LogP contribution in [0.2, 0.25) is 0 Å². The van der Waals surface area contributed by atoms with Crippen LogP contribution in [0.4, 0.5) is 4.39 Å². The van der Waals surface area contributed by atoms with Crippen LogP contribution in [-0.2, 0) is 11.2 Å². The summed E-state index contributed by atoms with van der Waals surface area (Å²) in [5, 5.41) is 0. The van der Waals surface area contributed by atoms with E-state index in [1.165, 1.54) is 12.5 Å². The zero-order valence-electron chi connectivity index (χ0n) is 18.7. The van der Waals surface area contributed by atoms with E-state index in [2.05, 4.69) is 43.3 Å². The van der Waals surface area contributed by atoms with E-state index in [-0.39, 0.29) is 6.42 Å². The van der Waals surface area contributed by atoms with Gasteiger partial charge in [-0.2, -0.15) is 0 Å². The fraction of sp³-hybridized carbons (Fsp3) is 0.321. The Bertz CT molecular complexity index is 988. The van der Waals surface area contributed by atoms with E-state index < -0.39 is 11.6 Å². The summed E-state index contributed by atoms with van der Waals surface area (Å²) < 4.78 is 19.8. The third kappa shape index (κ3) is 5.81. The van der Waals surface area contributed by atoms with Gasteiger partial charge in [-0.1, -0.05) is 87.4 Å². The van der Waals surface area contributed by atoms with Gasteiger partial charge in [-0.25, -0.2) is 9.18 Å². The van der Waals surface area contributed by atoms with Crippen LogP contribution in [-0.4, -0.2) is 11.6 Å². The van der Waals surface area contributed by atoms with Crippen molar-refractivity contribution < 1.29 is 13.9 Å². The summed E-state index contributed by atoms with van der Waals surface area (Å²) >= 11 is 0. The Labute approximate surface area is 185 Å². The summed E-state index contributed by atoms with van der Waals surface area (Å²) in [4.78, 5) is 12.2. The minimum Gasteiger partial charge on any atom is -0.424 e. The molecular weight excluding hydrogens is 387 g/mol. The maximum absolute atomic E-state index is 14.5. The maximum Gasteiger partial charge on any atom is 0.348 e. The van der Waals surface area contributed by atoms with E-state index in [0.717, 1.165) is 41.5 Å². The molecule has 3 heteroatoms. The standard InChI is InChI=1S/C28H31FO2/c1-4-6-20-28(3,29)27(30)31-24-18-16-23(17-19-24)26-11-8-7-10-25(26)22-14-12-21(9-5-2)13-15-22/h7-8,10-19H,4-6,9,20H2,1-3H3. The molecule has 0 spiro atoms. The maximum atomic E-state index is 14.5. The Balaban J connectivity index is 1.79. The number of unbranched alkanes of at least 4 members (excludes halogenated alkanes) is 1. The predicted molar refractivity (Wildman–Crippen MR) is 126 cm³/mol. The smallest absolute Gasteiger partial charge is 0.348 e. The Morgan fingerprint density at radius 2 is 1.39 bits per heavy atom. The van der Waals surface area contributed by atoms with Crippen molar-refractivity contribution in [3.63, 3.8) is 0 Å². The summed E-state index contributed by atoms with van der Waals surface area (Å²) in [6.07, 6.45) is 3.87. The highest BCUT2D eigenvalue weighted by Crippen LogP contribution is 2.33. The quantitative estimate of drug-likeness (QED) is 0.262. The lowest BCUT2D eigenvalue weighted by Gasteiger charge is -2.18. The number of aryl methyl sites for hydroxylation is 1. The number of alkyl halides is 1. The molecule has 31 heavy (non-hydrogen) atoms. The first-order valence-electron chi connectivity index (χ1n) is 11.1. The SMILES string of the molecule is CCCCC(C)(F)C(=O)Oc1ccc(-c2ccccc2-c2ccc(CCC)cc2)cc1. The van der Waals surface area contributed by atoms with E-state index in [4.69, 9.17) is 4.74 Å². The summed E-state index contributed by atoms with van der Waals surface area (Å²) in [5.74, 6) is -0.475. The largest absolute Gasteiger partial charge is 0.424 e. The third-order valence-corrected chi connectivity index (χ3v) is 5.53. The molecule has 0 aliphatic rings. The van der Waals surface area contributed by atoms with Crippen LogP contribution in [0, 0.1) is 0 Å². The molecule has 3 rings (SSSR count). The van der Waals surface area contributed by atoms with E-state index in [1.54, 1.807) is 12.1 Å². The monoisotopic (exact) mass is 418 g/mol. The lowest BCUT2D eigenvalue weighted by Crippen LogP contribution is -2.34. The summed E-state index contributed by atoms with van der Waals surface area (Å²) in [6, 6.07) is 24.2. The Kier molecular flexibility index (Phi) is 7.62. The van der Waals surface area contributed by atoms with Crippen molar-refractivity contribution in [2.45, 2.75) is 58.5 Å². The number of carbonyl (C=O) groups is 1. The average Bonchev–Trinajstić information content (AvgIpc) is 2.79. The highest BCUT2D eigenvalue weighted by molar-refractivity contribution is 5.84. The topological polar surface area (TPSA) is 26.3 Å². The van der Waals surface area contributed by atoms with Gasteiger partial charge < -0.3 is 4.74 Å². The van der Waals surface area contributed by atoms with Crippen molar-refractivity contribution in [3.05, 3.63) is 78.4 Å². The van der Waals surface area contributed by atoms with Gasteiger partial charge in [0, 0.05) is 0 Å². The second kappa shape index (κ2) is 10.4. The van der Waals surface area contributed by atoms with Gasteiger partial charge in [-0.05, 0) is 66.1 Å². The lowest BCUT2D eigenvalue weighted by molar-refractivity contribution is -0.147. The molecule has 2 nitrogen and oxygen atoms in total. The number of carbonyl (C=O) groups excluding carboxylic acids is 1. The molecule has 0 aliphatic carbocycles. The van der Waals surface area contributed by atoms with Crippen LogP contribution in [0.25, 0.3) is 22.3 Å². The van der Waals surface area contributed by atoms with E-state index in [9.17, 15) is 9.18 Å². The van der Waals surface area contributed by atoms with Crippen molar-refractivity contribution in [1.82, 2.24) is 0 Å². The predicted octanol–water partition coefficient (Wildman–Crippen LogP) is 7.80. The van der Waals surface area contributed by atoms with Gasteiger partial charge in [0.1, 0.15) is 5.75 Å². The van der Waals surface area contributed by atoms with Crippen molar-refractivity contribution in [3.8, 4) is 28.0 Å². The molecule has 0 saturated heterocycles. The van der Waals surface area contributed by atoms with Gasteiger partial charge in [-0.15, -0.1) is 0 Å². The number of hydrogen-bond donors (Lipinski definition) is 0. The first-order chi connectivity index (χ1) is 14.9. The molecule has 0 heterocycles. The zero-order valence-corrected chi connectivity index (χ0v) is 18.7. The molecule has 0 aliphatic heterocycles. The van der Waals surface area contributed by atoms with Gasteiger partial charge in [0.25, 0.3) is 0 Å². The third-order valence-electron chi connectivity index (χ3n) is 5.53. The van der Waals surface area contributed by atoms with Gasteiger partial charge in [-0.3, -0.25) is 0 Å². The van der Waals surface area contributed by atoms with Crippen LogP contribution in [0.15, 0.2) is 72.8 Å². The Hall–Kier alpha value is -2.94. The summed E-state index contributed by atoms with van der Waals surface area (Å²) in [6.45, 7) is 5.45. The number of rotatable bonds is 9. The Morgan fingerprint density at radius 3 is 1.90 bits per heavy atom. The average molecular weight is 419 g/mol. The molecule has 0 bridgehead atoms. The molecule has 3 aromatic rings. The molecule has 0 fully saturated rings. The molecule has 162 valence electrons. The molecular formula is C28H31FO2. The second-order valence-electron chi connectivity index (χ2n) is 8.21. The van der Waals surface area contributed by atoms with Gasteiger partial charge in [0.15, 0.2) is 0 Å². The normalized spacial score (nSPS) is 12.9. The highest BCUT2D eigenvalue weighted by atomic mass is 19.1. The lowest BCUT2D eigenvalue weighted by atomic mass is 9.94. The van der Waals surface area contributed by atoms with Crippen molar-refractivity contribution >= 4 is 5.97 Å². The fourth-order valence-electron chi connectivity index (χ4n) is 3.65. The van der Waals surface area contributed by atoms with Crippen molar-refractivity contribution in [2.24, 2.45) is 0 Å². The summed E-state index contributed by atoms with van der Waals surface area (Å²) in [7, 11) is 0. The number of esters is 1. The molecule has 0 amide bonds. The minimum absolute atomic E-state index is 0.171. The zero-order chi connectivity index (χ0) is 22.3. The van der Waals surface area contributed by atoms with Crippen molar-refractivity contribution in [2.75, 3.05) is 0 Å². The van der Waals surface area contributed by atoms with Gasteiger partial charge >= 0.3 is 5.97 Å². The molecule has 3 aromatic carbocycles. The second-order valence-corrected chi connectivity index (χ2v) is 8.21. The first-order valence-corrected chi connectivity index (χ1v) is 11.1. The number of hydrogen-bond acceptors (Lipinski definition) is 2. The number of benzene rings is 3. The molecule has 0 radical (unpaired) electrons. The van der Waals surface area contributed by atoms with Crippen LogP contribution >= 0.6 is 0 Å².